The van der Waals surface area contributed by atoms with E-state index in [2.05, 4.69) is 10.3 Å². The molecule has 5 nitrogen and oxygen atoms in total. The molecule has 3 N–H and O–H groups in total. The van der Waals surface area contributed by atoms with E-state index >= 15 is 0 Å². The zero-order valence-electron chi connectivity index (χ0n) is 11.8. The topological polar surface area (TPSA) is 82.2 Å². The fourth-order valence-electron chi connectivity index (χ4n) is 2.11. The summed E-state index contributed by atoms with van der Waals surface area (Å²) in [5.41, 5.74) is 2.56. The summed E-state index contributed by atoms with van der Waals surface area (Å²) in [5.74, 6) is -1.24. The minimum Gasteiger partial charge on any atom is -0.477 e. The number of nitrogens with one attached hydrogen (secondary N) is 2. The van der Waals surface area contributed by atoms with Crippen molar-refractivity contribution in [2.24, 2.45) is 5.92 Å². The lowest BCUT2D eigenvalue weighted by atomic mass is 10.1. The third-order valence-corrected chi connectivity index (χ3v) is 3.24. The van der Waals surface area contributed by atoms with Gasteiger partial charge in [-0.3, -0.25) is 4.79 Å². The number of aryl methyl sites for hydroxylation is 1. The molecule has 1 aromatic heterocycles. The Kier molecular flexibility index (Phi) is 3.79. The van der Waals surface area contributed by atoms with Crippen LogP contribution >= 0.6 is 0 Å². The molecule has 0 aliphatic rings. The van der Waals surface area contributed by atoms with Crippen molar-refractivity contribution in [3.8, 4) is 0 Å². The molecule has 0 aliphatic carbocycles. The number of aromatic nitrogens is 1. The minimum absolute atomic E-state index is 0.0941. The van der Waals surface area contributed by atoms with E-state index in [1.807, 2.05) is 25.1 Å². The summed E-state index contributed by atoms with van der Waals surface area (Å²) < 4.78 is 0. The first-order valence-electron chi connectivity index (χ1n) is 6.52. The molecule has 0 fully saturated rings. The lowest BCUT2D eigenvalue weighted by molar-refractivity contribution is -0.124. The van der Waals surface area contributed by atoms with E-state index in [1.54, 1.807) is 13.8 Å². The summed E-state index contributed by atoms with van der Waals surface area (Å²) in [5, 5.41) is 12.9. The number of rotatable bonds is 4. The molecule has 0 saturated carbocycles. The van der Waals surface area contributed by atoms with Crippen molar-refractivity contribution in [1.82, 2.24) is 10.3 Å². The quantitative estimate of drug-likeness (QED) is 0.801. The number of amides is 1. The number of aromatic amines is 1. The van der Waals surface area contributed by atoms with Crippen LogP contribution in [0.5, 0.6) is 0 Å². The maximum absolute atomic E-state index is 11.7. The number of carbonyl (C=O) groups is 2. The van der Waals surface area contributed by atoms with Gasteiger partial charge in [-0.2, -0.15) is 0 Å². The van der Waals surface area contributed by atoms with E-state index in [1.165, 1.54) is 0 Å². The predicted molar refractivity (Wildman–Crippen MR) is 76.7 cm³/mol. The molecule has 2 aromatic rings. The second kappa shape index (κ2) is 5.36. The molecular formula is C15H18N2O3. The highest BCUT2D eigenvalue weighted by Gasteiger charge is 2.18. The number of carboxylic acid groups (broad SMARTS) is 1. The maximum Gasteiger partial charge on any atom is 0.352 e. The first-order chi connectivity index (χ1) is 9.40. The van der Waals surface area contributed by atoms with Gasteiger partial charge in [0.2, 0.25) is 5.91 Å². The minimum atomic E-state index is -1.02. The molecule has 2 rings (SSSR count). The normalized spacial score (nSPS) is 11.0. The van der Waals surface area contributed by atoms with Crippen LogP contribution in [0.2, 0.25) is 0 Å². The average Bonchev–Trinajstić information content (AvgIpc) is 2.73. The van der Waals surface area contributed by atoms with Crippen LogP contribution in [-0.2, 0) is 11.3 Å². The lowest BCUT2D eigenvalue weighted by Gasteiger charge is -2.08. The number of benzene rings is 1. The van der Waals surface area contributed by atoms with Gasteiger partial charge in [0.1, 0.15) is 5.69 Å². The van der Waals surface area contributed by atoms with Crippen molar-refractivity contribution >= 4 is 22.8 Å². The van der Waals surface area contributed by atoms with Crippen molar-refractivity contribution in [1.29, 1.82) is 0 Å². The van der Waals surface area contributed by atoms with Crippen LogP contribution in [-0.4, -0.2) is 22.0 Å². The van der Waals surface area contributed by atoms with Crippen LogP contribution in [0.3, 0.4) is 0 Å². The molecular weight excluding hydrogens is 256 g/mol. The summed E-state index contributed by atoms with van der Waals surface area (Å²) in [4.78, 5) is 25.9. The molecule has 5 heteroatoms. The van der Waals surface area contributed by atoms with Crippen molar-refractivity contribution < 1.29 is 14.7 Å². The molecule has 0 radical (unpaired) electrons. The number of carbonyl (C=O) groups excluding carboxylic acids is 1. The number of fused-ring (bicyclic) bond motifs is 1. The molecule has 20 heavy (non-hydrogen) atoms. The van der Waals surface area contributed by atoms with Gasteiger partial charge >= 0.3 is 5.97 Å². The first-order valence-corrected chi connectivity index (χ1v) is 6.52. The molecule has 0 aliphatic heterocycles. The fourth-order valence-corrected chi connectivity index (χ4v) is 2.11. The van der Waals surface area contributed by atoms with Gasteiger partial charge in [-0.25, -0.2) is 4.79 Å². The number of hydrogen-bond acceptors (Lipinski definition) is 2. The van der Waals surface area contributed by atoms with E-state index in [0.29, 0.717) is 5.56 Å². The Morgan fingerprint density at radius 3 is 2.65 bits per heavy atom. The number of aromatic carboxylic acids is 1. The van der Waals surface area contributed by atoms with Crippen LogP contribution in [0.4, 0.5) is 0 Å². The van der Waals surface area contributed by atoms with Gasteiger partial charge in [0.25, 0.3) is 0 Å². The Bertz CT molecular complexity index is 671. The van der Waals surface area contributed by atoms with Crippen LogP contribution < -0.4 is 5.32 Å². The summed E-state index contributed by atoms with van der Waals surface area (Å²) >= 11 is 0. The first kappa shape index (κ1) is 14.1. The Hall–Kier alpha value is -2.30. The molecule has 0 unspecified atom stereocenters. The average molecular weight is 274 g/mol. The molecule has 1 aromatic carbocycles. The zero-order chi connectivity index (χ0) is 14.9. The van der Waals surface area contributed by atoms with Crippen molar-refractivity contribution in [2.75, 3.05) is 0 Å². The van der Waals surface area contributed by atoms with E-state index in [-0.39, 0.29) is 24.1 Å². The molecule has 1 heterocycles. The lowest BCUT2D eigenvalue weighted by Crippen LogP contribution is -2.27. The Morgan fingerprint density at radius 1 is 1.35 bits per heavy atom. The smallest absolute Gasteiger partial charge is 0.352 e. The molecule has 106 valence electrons. The third kappa shape index (κ3) is 2.66. The summed E-state index contributed by atoms with van der Waals surface area (Å²) in [6.07, 6.45) is 0. The fraction of sp³-hybridized carbons (Fsp3) is 0.333. The predicted octanol–water partition coefficient (Wildman–Crippen LogP) is 2.45. The Labute approximate surface area is 117 Å². The van der Waals surface area contributed by atoms with Crippen LogP contribution in [0.15, 0.2) is 18.2 Å². The second-order valence-corrected chi connectivity index (χ2v) is 5.21. The third-order valence-electron chi connectivity index (χ3n) is 3.24. The summed E-state index contributed by atoms with van der Waals surface area (Å²) in [7, 11) is 0. The van der Waals surface area contributed by atoms with Crippen LogP contribution in [0, 0.1) is 12.8 Å². The Morgan fingerprint density at radius 2 is 2.05 bits per heavy atom. The number of H-pyrrole nitrogens is 1. The molecule has 0 atom stereocenters. The number of hydrogen-bond donors (Lipinski definition) is 3. The molecule has 0 bridgehead atoms. The zero-order valence-corrected chi connectivity index (χ0v) is 11.8. The maximum atomic E-state index is 11.7. The standard InChI is InChI=1S/C15H18N2O3/c1-8(2)14(18)16-7-11-10-6-9(3)4-5-12(10)17-13(11)15(19)20/h4-6,8,17H,7H2,1-3H3,(H,16,18)(H,19,20). The monoisotopic (exact) mass is 274 g/mol. The summed E-state index contributed by atoms with van der Waals surface area (Å²) in [6.45, 7) is 5.76. The Balaban J connectivity index is 2.43. The van der Waals surface area contributed by atoms with Gasteiger partial charge in [-0.05, 0) is 19.1 Å². The molecule has 1 amide bonds. The van der Waals surface area contributed by atoms with Crippen molar-refractivity contribution in [3.05, 3.63) is 35.0 Å². The highest BCUT2D eigenvalue weighted by Crippen LogP contribution is 2.24. The number of carboxylic acids is 1. The van der Waals surface area contributed by atoms with Gasteiger partial charge in [0, 0.05) is 28.9 Å². The highest BCUT2D eigenvalue weighted by molar-refractivity contribution is 5.97. The summed E-state index contributed by atoms with van der Waals surface area (Å²) in [6, 6.07) is 5.70. The van der Waals surface area contributed by atoms with Gasteiger partial charge in [0.05, 0.1) is 0 Å². The van der Waals surface area contributed by atoms with Gasteiger partial charge < -0.3 is 15.4 Å². The largest absolute Gasteiger partial charge is 0.477 e. The highest BCUT2D eigenvalue weighted by atomic mass is 16.4. The molecule has 0 saturated heterocycles. The van der Waals surface area contributed by atoms with Gasteiger partial charge in [-0.15, -0.1) is 0 Å². The second-order valence-electron chi connectivity index (χ2n) is 5.21. The van der Waals surface area contributed by atoms with Crippen molar-refractivity contribution in [2.45, 2.75) is 27.3 Å². The van der Waals surface area contributed by atoms with Crippen LogP contribution in [0.25, 0.3) is 10.9 Å². The van der Waals surface area contributed by atoms with Gasteiger partial charge in [0.15, 0.2) is 0 Å². The van der Waals surface area contributed by atoms with Gasteiger partial charge in [-0.1, -0.05) is 25.5 Å². The van der Waals surface area contributed by atoms with Crippen molar-refractivity contribution in [3.63, 3.8) is 0 Å². The van der Waals surface area contributed by atoms with E-state index in [0.717, 1.165) is 16.5 Å². The molecule has 0 spiro atoms. The van der Waals surface area contributed by atoms with E-state index in [9.17, 15) is 14.7 Å². The SMILES string of the molecule is Cc1ccc2[nH]c(C(=O)O)c(CNC(=O)C(C)C)c2c1. The van der Waals surface area contributed by atoms with E-state index in [4.69, 9.17) is 0 Å². The van der Waals surface area contributed by atoms with E-state index < -0.39 is 5.97 Å². The van der Waals surface area contributed by atoms with Crippen LogP contribution in [0.1, 0.15) is 35.5 Å².